The van der Waals surface area contributed by atoms with Crippen molar-refractivity contribution in [3.05, 3.63) is 88.9 Å². The molecule has 0 aliphatic carbocycles. The zero-order valence-corrected chi connectivity index (χ0v) is 25.9. The Hall–Kier alpha value is -3.56. The summed E-state index contributed by atoms with van der Waals surface area (Å²) in [7, 11) is -2.74. The molecule has 1 N–H and O–H groups in total. The van der Waals surface area contributed by atoms with Crippen molar-refractivity contribution in [2.45, 2.75) is 64.1 Å². The molecule has 10 heteroatoms. The van der Waals surface area contributed by atoms with Gasteiger partial charge in [-0.05, 0) is 75.6 Å². The fourth-order valence-corrected chi connectivity index (χ4v) is 6.08. The Morgan fingerprint density at radius 2 is 1.63 bits per heavy atom. The van der Waals surface area contributed by atoms with Gasteiger partial charge in [-0.25, -0.2) is 8.42 Å². The molecular weight excluding hydrogens is 562 g/mol. The molecule has 0 unspecified atom stereocenters. The number of ether oxygens (including phenoxy) is 1. The molecule has 220 valence electrons. The molecular formula is C31H38ClN3O5S. The molecule has 3 rings (SSSR count). The third-order valence-electron chi connectivity index (χ3n) is 6.52. The third kappa shape index (κ3) is 8.01. The van der Waals surface area contributed by atoms with Crippen LogP contribution in [0.15, 0.2) is 77.7 Å². The van der Waals surface area contributed by atoms with E-state index in [1.165, 1.54) is 36.3 Å². The first-order valence-electron chi connectivity index (χ1n) is 13.4. The first kappa shape index (κ1) is 32.0. The standard InChI is InChI=1S/C31H38ClN3O5S/c1-7-27(30(37)33-31(3,4)5)34(20-23-14-12-11-13-22(23)2)29(36)21-35(24-17-18-28(40-6)26(32)19-24)41(38,39)25-15-9-8-10-16-25/h8-19,27H,7,20-21H2,1-6H3,(H,33,37)/t27-/m0/s1. The number of hydrogen-bond acceptors (Lipinski definition) is 5. The van der Waals surface area contributed by atoms with E-state index in [1.54, 1.807) is 24.3 Å². The summed E-state index contributed by atoms with van der Waals surface area (Å²) in [4.78, 5) is 29.1. The van der Waals surface area contributed by atoms with E-state index in [0.29, 0.717) is 12.2 Å². The average Bonchev–Trinajstić information content (AvgIpc) is 2.92. The highest BCUT2D eigenvalue weighted by Gasteiger charge is 2.35. The molecule has 0 fully saturated rings. The molecule has 0 radical (unpaired) electrons. The largest absolute Gasteiger partial charge is 0.495 e. The number of benzene rings is 3. The lowest BCUT2D eigenvalue weighted by Gasteiger charge is -2.35. The van der Waals surface area contributed by atoms with E-state index in [9.17, 15) is 18.0 Å². The second-order valence-electron chi connectivity index (χ2n) is 10.8. The summed E-state index contributed by atoms with van der Waals surface area (Å²) < 4.78 is 34.1. The number of nitrogens with one attached hydrogen (secondary N) is 1. The van der Waals surface area contributed by atoms with Gasteiger partial charge >= 0.3 is 0 Å². The Morgan fingerprint density at radius 3 is 2.20 bits per heavy atom. The molecule has 1 atom stereocenters. The third-order valence-corrected chi connectivity index (χ3v) is 8.60. The maximum atomic E-state index is 14.2. The van der Waals surface area contributed by atoms with Gasteiger partial charge in [0.15, 0.2) is 0 Å². The maximum absolute atomic E-state index is 14.2. The van der Waals surface area contributed by atoms with E-state index in [1.807, 2.05) is 58.9 Å². The molecule has 41 heavy (non-hydrogen) atoms. The minimum absolute atomic E-state index is 0.0164. The average molecular weight is 600 g/mol. The lowest BCUT2D eigenvalue weighted by atomic mass is 10.0. The summed E-state index contributed by atoms with van der Waals surface area (Å²) in [6.45, 7) is 8.94. The summed E-state index contributed by atoms with van der Waals surface area (Å²) in [6, 6.07) is 19.2. The second kappa shape index (κ2) is 13.4. The first-order valence-corrected chi connectivity index (χ1v) is 15.2. The fraction of sp³-hybridized carbons (Fsp3) is 0.355. The summed E-state index contributed by atoms with van der Waals surface area (Å²) in [6.07, 6.45) is 0.333. The molecule has 3 aromatic carbocycles. The van der Waals surface area contributed by atoms with Crippen LogP contribution in [0.1, 0.15) is 45.2 Å². The molecule has 0 saturated carbocycles. The van der Waals surface area contributed by atoms with Crippen molar-refractivity contribution in [3.8, 4) is 5.75 Å². The fourth-order valence-electron chi connectivity index (χ4n) is 4.40. The van der Waals surface area contributed by atoms with Crippen LogP contribution in [0, 0.1) is 6.92 Å². The van der Waals surface area contributed by atoms with Gasteiger partial charge in [0.25, 0.3) is 10.0 Å². The molecule has 0 bridgehead atoms. The minimum Gasteiger partial charge on any atom is -0.495 e. The second-order valence-corrected chi connectivity index (χ2v) is 13.0. The van der Waals surface area contributed by atoms with Crippen molar-refractivity contribution in [3.63, 3.8) is 0 Å². The zero-order valence-electron chi connectivity index (χ0n) is 24.3. The van der Waals surface area contributed by atoms with E-state index in [2.05, 4.69) is 5.32 Å². The Kier molecular flexibility index (Phi) is 10.4. The van der Waals surface area contributed by atoms with Gasteiger partial charge in [0.1, 0.15) is 18.3 Å². The number of carbonyl (C=O) groups excluding carboxylic acids is 2. The number of sulfonamides is 1. The van der Waals surface area contributed by atoms with Crippen molar-refractivity contribution in [1.82, 2.24) is 10.2 Å². The molecule has 0 saturated heterocycles. The van der Waals surface area contributed by atoms with Crippen LogP contribution in [-0.4, -0.2) is 50.4 Å². The molecule has 2 amide bonds. The van der Waals surface area contributed by atoms with Crippen LogP contribution >= 0.6 is 11.6 Å². The van der Waals surface area contributed by atoms with Crippen molar-refractivity contribution in [2.75, 3.05) is 18.0 Å². The number of methoxy groups -OCH3 is 1. The van der Waals surface area contributed by atoms with Crippen LogP contribution in [0.25, 0.3) is 0 Å². The quantitative estimate of drug-likeness (QED) is 0.311. The van der Waals surface area contributed by atoms with Crippen LogP contribution in [0.3, 0.4) is 0 Å². The lowest BCUT2D eigenvalue weighted by Crippen LogP contribution is -2.55. The van der Waals surface area contributed by atoms with Gasteiger partial charge < -0.3 is 15.0 Å². The number of amides is 2. The number of anilines is 1. The van der Waals surface area contributed by atoms with E-state index in [-0.39, 0.29) is 28.1 Å². The Bertz CT molecular complexity index is 1470. The van der Waals surface area contributed by atoms with Gasteiger partial charge in [0.05, 0.1) is 22.7 Å². The van der Waals surface area contributed by atoms with Gasteiger partial charge in [-0.2, -0.15) is 0 Å². The number of rotatable bonds is 11. The SMILES string of the molecule is CC[C@@H](C(=O)NC(C)(C)C)N(Cc1ccccc1C)C(=O)CN(c1ccc(OC)c(Cl)c1)S(=O)(=O)c1ccccc1. The number of nitrogens with zero attached hydrogens (tertiary/aromatic N) is 2. The van der Waals surface area contributed by atoms with Gasteiger partial charge in [-0.3, -0.25) is 13.9 Å². The smallest absolute Gasteiger partial charge is 0.264 e. The van der Waals surface area contributed by atoms with E-state index in [4.69, 9.17) is 16.3 Å². The summed E-state index contributed by atoms with van der Waals surface area (Å²) >= 11 is 6.37. The number of aryl methyl sites for hydroxylation is 1. The number of halogens is 1. The van der Waals surface area contributed by atoms with Crippen LogP contribution < -0.4 is 14.4 Å². The summed E-state index contributed by atoms with van der Waals surface area (Å²) in [5, 5.41) is 3.16. The predicted octanol–water partition coefficient (Wildman–Crippen LogP) is 5.57. The van der Waals surface area contributed by atoms with Crippen molar-refractivity contribution in [1.29, 1.82) is 0 Å². The Morgan fingerprint density at radius 1 is 1.00 bits per heavy atom. The van der Waals surface area contributed by atoms with E-state index in [0.717, 1.165) is 15.4 Å². The molecule has 8 nitrogen and oxygen atoms in total. The van der Waals surface area contributed by atoms with Crippen LogP contribution in [0.2, 0.25) is 5.02 Å². The van der Waals surface area contributed by atoms with Crippen LogP contribution in [-0.2, 0) is 26.2 Å². The number of carbonyl (C=O) groups is 2. The molecule has 3 aromatic rings. The molecule has 0 aliphatic heterocycles. The zero-order chi connectivity index (χ0) is 30.4. The van der Waals surface area contributed by atoms with Crippen molar-refractivity contribution < 1.29 is 22.7 Å². The van der Waals surface area contributed by atoms with Gasteiger partial charge in [-0.15, -0.1) is 0 Å². The predicted molar refractivity (Wildman–Crippen MR) is 163 cm³/mol. The van der Waals surface area contributed by atoms with Crippen LogP contribution in [0.5, 0.6) is 5.75 Å². The summed E-state index contributed by atoms with van der Waals surface area (Å²) in [5.41, 5.74) is 1.47. The van der Waals surface area contributed by atoms with Crippen LogP contribution in [0.4, 0.5) is 5.69 Å². The van der Waals surface area contributed by atoms with E-state index >= 15 is 0 Å². The maximum Gasteiger partial charge on any atom is 0.264 e. The normalized spacial score (nSPS) is 12.4. The minimum atomic E-state index is -4.20. The van der Waals surface area contributed by atoms with Gasteiger partial charge in [0, 0.05) is 12.1 Å². The molecule has 0 spiro atoms. The number of hydrogen-bond donors (Lipinski definition) is 1. The van der Waals surface area contributed by atoms with Gasteiger partial charge in [-0.1, -0.05) is 61.0 Å². The molecule has 0 aliphatic rings. The highest BCUT2D eigenvalue weighted by molar-refractivity contribution is 7.92. The van der Waals surface area contributed by atoms with Crippen molar-refractivity contribution >= 4 is 39.1 Å². The van der Waals surface area contributed by atoms with E-state index < -0.39 is 34.1 Å². The first-order chi connectivity index (χ1) is 19.3. The lowest BCUT2D eigenvalue weighted by molar-refractivity contribution is -0.141. The highest BCUT2D eigenvalue weighted by Crippen LogP contribution is 2.32. The highest BCUT2D eigenvalue weighted by atomic mass is 35.5. The van der Waals surface area contributed by atoms with Crippen molar-refractivity contribution in [2.24, 2.45) is 0 Å². The monoisotopic (exact) mass is 599 g/mol. The Labute approximate surface area is 248 Å². The molecule has 0 heterocycles. The summed E-state index contributed by atoms with van der Waals surface area (Å²) in [5.74, 6) is -0.479. The topological polar surface area (TPSA) is 96.0 Å². The molecule has 0 aromatic heterocycles. The Balaban J connectivity index is 2.11. The van der Waals surface area contributed by atoms with Gasteiger partial charge in [0.2, 0.25) is 11.8 Å².